The van der Waals surface area contributed by atoms with Gasteiger partial charge in [0.1, 0.15) is 0 Å². The zero-order valence-electron chi connectivity index (χ0n) is 15.2. The molecule has 0 nitrogen and oxygen atoms in total. The largest absolute Gasteiger partial charge is 0.0616 e. The highest BCUT2D eigenvalue weighted by atomic mass is 14.3. The molecule has 0 saturated carbocycles. The van der Waals surface area contributed by atoms with Crippen LogP contribution in [0.5, 0.6) is 0 Å². The standard InChI is InChI=1S/C26H20/c1-15-7-8-22-17(9-15)11-18-14-25-19(13-24(18)22)12-20-10-16(2)21-5-3-4-6-23(21)26(20)25/h3-10,13-14H,11-12H2,1-2H3. The van der Waals surface area contributed by atoms with Crippen molar-refractivity contribution in [3.63, 3.8) is 0 Å². The first-order chi connectivity index (χ1) is 12.7. The number of hydrogen-bond donors (Lipinski definition) is 0. The molecule has 0 heterocycles. The lowest BCUT2D eigenvalue weighted by molar-refractivity contribution is 1.23. The molecule has 26 heavy (non-hydrogen) atoms. The summed E-state index contributed by atoms with van der Waals surface area (Å²) in [6.07, 6.45) is 2.13. The van der Waals surface area contributed by atoms with Gasteiger partial charge in [0.25, 0.3) is 0 Å². The molecule has 0 fully saturated rings. The Hall–Kier alpha value is -2.86. The Balaban J connectivity index is 1.62. The second-order valence-electron chi connectivity index (χ2n) is 7.95. The quantitative estimate of drug-likeness (QED) is 0.294. The Bertz CT molecular complexity index is 1240. The summed E-state index contributed by atoms with van der Waals surface area (Å²) in [5.74, 6) is 0. The van der Waals surface area contributed by atoms with Crippen LogP contribution in [0.1, 0.15) is 33.4 Å². The first-order valence-corrected chi connectivity index (χ1v) is 9.46. The summed E-state index contributed by atoms with van der Waals surface area (Å²) in [6, 6.07) is 23.1. The highest BCUT2D eigenvalue weighted by Crippen LogP contribution is 2.47. The van der Waals surface area contributed by atoms with Crippen LogP contribution in [0.25, 0.3) is 33.0 Å². The van der Waals surface area contributed by atoms with Crippen molar-refractivity contribution < 1.29 is 0 Å². The fourth-order valence-corrected chi connectivity index (χ4v) is 5.09. The molecule has 124 valence electrons. The molecule has 4 aromatic rings. The summed E-state index contributed by atoms with van der Waals surface area (Å²) >= 11 is 0. The molecule has 0 saturated heterocycles. The monoisotopic (exact) mass is 332 g/mol. The van der Waals surface area contributed by atoms with Gasteiger partial charge in [-0.15, -0.1) is 0 Å². The van der Waals surface area contributed by atoms with Crippen molar-refractivity contribution in [3.8, 4) is 22.3 Å². The molecule has 2 aliphatic rings. The lowest BCUT2D eigenvalue weighted by Gasteiger charge is -2.11. The van der Waals surface area contributed by atoms with E-state index in [0.717, 1.165) is 12.8 Å². The van der Waals surface area contributed by atoms with Crippen LogP contribution in [-0.4, -0.2) is 0 Å². The van der Waals surface area contributed by atoms with Crippen LogP contribution in [0.15, 0.2) is 60.7 Å². The van der Waals surface area contributed by atoms with Gasteiger partial charge in [-0.1, -0.05) is 54.1 Å². The Kier molecular flexibility index (Phi) is 2.68. The van der Waals surface area contributed by atoms with Crippen molar-refractivity contribution in [2.24, 2.45) is 0 Å². The third kappa shape index (κ3) is 1.79. The van der Waals surface area contributed by atoms with Crippen molar-refractivity contribution >= 4 is 10.8 Å². The van der Waals surface area contributed by atoms with Crippen LogP contribution in [0.2, 0.25) is 0 Å². The summed E-state index contributed by atoms with van der Waals surface area (Å²) in [6.45, 7) is 4.43. The van der Waals surface area contributed by atoms with Gasteiger partial charge >= 0.3 is 0 Å². The highest BCUT2D eigenvalue weighted by Gasteiger charge is 2.26. The Morgan fingerprint density at radius 2 is 1.27 bits per heavy atom. The van der Waals surface area contributed by atoms with E-state index in [1.165, 1.54) is 66.4 Å². The van der Waals surface area contributed by atoms with E-state index in [-0.39, 0.29) is 0 Å². The molecule has 0 unspecified atom stereocenters. The summed E-state index contributed by atoms with van der Waals surface area (Å²) in [7, 11) is 0. The molecule has 0 spiro atoms. The molecule has 0 atom stereocenters. The first-order valence-electron chi connectivity index (χ1n) is 9.46. The molecule has 0 N–H and O–H groups in total. The zero-order valence-corrected chi connectivity index (χ0v) is 15.2. The third-order valence-corrected chi connectivity index (χ3v) is 6.24. The van der Waals surface area contributed by atoms with Crippen LogP contribution in [-0.2, 0) is 12.8 Å². The molecule has 6 rings (SSSR count). The summed E-state index contributed by atoms with van der Waals surface area (Å²) < 4.78 is 0. The van der Waals surface area contributed by atoms with Gasteiger partial charge in [0.2, 0.25) is 0 Å². The number of rotatable bonds is 0. The lowest BCUT2D eigenvalue weighted by atomic mass is 9.93. The van der Waals surface area contributed by atoms with Gasteiger partial charge in [0, 0.05) is 0 Å². The van der Waals surface area contributed by atoms with Crippen LogP contribution in [0.4, 0.5) is 0 Å². The van der Waals surface area contributed by atoms with E-state index in [9.17, 15) is 0 Å². The summed E-state index contributed by atoms with van der Waals surface area (Å²) in [5, 5.41) is 2.80. The topological polar surface area (TPSA) is 0 Å². The van der Waals surface area contributed by atoms with E-state index in [1.807, 2.05) is 0 Å². The zero-order chi connectivity index (χ0) is 17.4. The van der Waals surface area contributed by atoms with Crippen LogP contribution < -0.4 is 0 Å². The summed E-state index contributed by atoms with van der Waals surface area (Å²) in [5.41, 5.74) is 14.5. The Morgan fingerprint density at radius 1 is 0.577 bits per heavy atom. The fourth-order valence-electron chi connectivity index (χ4n) is 5.09. The smallest absolute Gasteiger partial charge is 0.00129 e. The maximum atomic E-state index is 2.48. The minimum Gasteiger partial charge on any atom is -0.0616 e. The van der Waals surface area contributed by atoms with E-state index < -0.39 is 0 Å². The number of fused-ring (bicyclic) bond motifs is 8. The van der Waals surface area contributed by atoms with Gasteiger partial charge in [0.15, 0.2) is 0 Å². The molecule has 0 aliphatic heterocycles. The minimum atomic E-state index is 1.06. The number of benzene rings is 4. The summed E-state index contributed by atoms with van der Waals surface area (Å²) in [4.78, 5) is 0. The highest BCUT2D eigenvalue weighted by molar-refractivity contribution is 6.03. The third-order valence-electron chi connectivity index (χ3n) is 6.24. The van der Waals surface area contributed by atoms with E-state index >= 15 is 0 Å². The van der Waals surface area contributed by atoms with Gasteiger partial charge in [-0.05, 0) is 99.7 Å². The molecular weight excluding hydrogens is 312 g/mol. The van der Waals surface area contributed by atoms with Gasteiger partial charge in [-0.3, -0.25) is 0 Å². The Morgan fingerprint density at radius 3 is 2.15 bits per heavy atom. The predicted molar refractivity (Wildman–Crippen MR) is 110 cm³/mol. The lowest BCUT2D eigenvalue weighted by Crippen LogP contribution is -1.87. The van der Waals surface area contributed by atoms with E-state index in [0.29, 0.717) is 0 Å². The van der Waals surface area contributed by atoms with Gasteiger partial charge in [-0.25, -0.2) is 0 Å². The van der Waals surface area contributed by atoms with Crippen molar-refractivity contribution in [2.45, 2.75) is 26.7 Å². The fraction of sp³-hybridized carbons (Fsp3) is 0.154. The van der Waals surface area contributed by atoms with Gasteiger partial charge in [-0.2, -0.15) is 0 Å². The average Bonchev–Trinajstić information content (AvgIpc) is 3.16. The maximum absolute atomic E-state index is 2.48. The van der Waals surface area contributed by atoms with Gasteiger partial charge in [0.05, 0.1) is 0 Å². The molecular formula is C26H20. The number of hydrogen-bond acceptors (Lipinski definition) is 0. The van der Waals surface area contributed by atoms with Crippen LogP contribution >= 0.6 is 0 Å². The predicted octanol–water partition coefficient (Wildman–Crippen LogP) is 6.60. The maximum Gasteiger partial charge on any atom is -0.00129 e. The first kappa shape index (κ1) is 14.3. The molecule has 0 aromatic heterocycles. The van der Waals surface area contributed by atoms with E-state index in [2.05, 4.69) is 74.5 Å². The molecule has 0 heteroatoms. The second-order valence-corrected chi connectivity index (χ2v) is 7.95. The molecule has 4 aromatic carbocycles. The van der Waals surface area contributed by atoms with E-state index in [1.54, 1.807) is 0 Å². The molecule has 0 bridgehead atoms. The van der Waals surface area contributed by atoms with Crippen molar-refractivity contribution in [1.29, 1.82) is 0 Å². The number of aryl methyl sites for hydroxylation is 2. The SMILES string of the molecule is Cc1ccc2c(c1)Cc1cc3c(cc1-2)Cc1cc(C)c2ccccc2c1-3. The van der Waals surface area contributed by atoms with Crippen LogP contribution in [0.3, 0.4) is 0 Å². The van der Waals surface area contributed by atoms with Crippen LogP contribution in [0, 0.1) is 13.8 Å². The average molecular weight is 332 g/mol. The van der Waals surface area contributed by atoms with Crippen molar-refractivity contribution in [3.05, 3.63) is 94.0 Å². The van der Waals surface area contributed by atoms with Gasteiger partial charge < -0.3 is 0 Å². The molecule has 0 amide bonds. The Labute approximate surface area is 154 Å². The molecule has 2 aliphatic carbocycles. The molecule has 0 radical (unpaired) electrons. The minimum absolute atomic E-state index is 1.06. The van der Waals surface area contributed by atoms with Crippen molar-refractivity contribution in [2.75, 3.05) is 0 Å². The normalized spacial score (nSPS) is 13.5. The van der Waals surface area contributed by atoms with E-state index in [4.69, 9.17) is 0 Å². The van der Waals surface area contributed by atoms with Crippen molar-refractivity contribution in [1.82, 2.24) is 0 Å². The second kappa shape index (κ2) is 4.86.